The lowest BCUT2D eigenvalue weighted by atomic mass is 9.92. The van der Waals surface area contributed by atoms with Gasteiger partial charge in [0.2, 0.25) is 11.6 Å². The average molecular weight is 996 g/mol. The molecule has 0 aliphatic carbocycles. The Kier molecular flexibility index (Phi) is 16.8. The van der Waals surface area contributed by atoms with Crippen LogP contribution in [-0.2, 0) is 43.1 Å². The van der Waals surface area contributed by atoms with Crippen molar-refractivity contribution < 1.29 is 51.1 Å². The molecule has 0 fully saturated rings. The number of hydrogen-bond donors (Lipinski definition) is 1. The van der Waals surface area contributed by atoms with Crippen molar-refractivity contribution in [2.24, 2.45) is 0 Å². The van der Waals surface area contributed by atoms with Crippen LogP contribution < -0.4 is 0 Å². The number of carboxylic acid groups (broad SMARTS) is 1. The monoisotopic (exact) mass is 995 g/mol. The van der Waals surface area contributed by atoms with Crippen LogP contribution in [0.2, 0.25) is 0 Å². The van der Waals surface area contributed by atoms with Gasteiger partial charge in [0.25, 0.3) is 11.8 Å². The van der Waals surface area contributed by atoms with Crippen molar-refractivity contribution in [3.8, 4) is 67.9 Å². The molecule has 13 nitrogen and oxygen atoms in total. The van der Waals surface area contributed by atoms with Crippen molar-refractivity contribution in [2.45, 2.75) is 72.6 Å². The fourth-order valence-corrected chi connectivity index (χ4v) is 7.94. The molecular formula is C57H56F3N5O8. The second-order valence-corrected chi connectivity index (χ2v) is 18.5. The zero-order chi connectivity index (χ0) is 52.5. The summed E-state index contributed by atoms with van der Waals surface area (Å²) in [6, 6.07) is 40.1. The third kappa shape index (κ3) is 14.0. The predicted molar refractivity (Wildman–Crippen MR) is 271 cm³/mol. The molecule has 2 heterocycles. The Morgan fingerprint density at radius 1 is 0.671 bits per heavy atom. The molecule has 0 radical (unpaired) electrons. The Hall–Kier alpha value is -7.79. The van der Waals surface area contributed by atoms with Gasteiger partial charge < -0.3 is 28.4 Å². The number of carbonyl (C=O) groups is 2. The Morgan fingerprint density at radius 3 is 1.67 bits per heavy atom. The maximum atomic E-state index is 13.9. The van der Waals surface area contributed by atoms with E-state index in [9.17, 15) is 22.8 Å². The van der Waals surface area contributed by atoms with E-state index in [0.717, 1.165) is 45.0 Å². The number of methoxy groups -OCH3 is 1. The van der Waals surface area contributed by atoms with Gasteiger partial charge in [0.15, 0.2) is 0 Å². The lowest BCUT2D eigenvalue weighted by Crippen LogP contribution is -2.32. The number of aliphatic carboxylic acids is 1. The van der Waals surface area contributed by atoms with E-state index in [1.807, 2.05) is 82.1 Å². The zero-order valence-corrected chi connectivity index (χ0v) is 41.8. The number of aryl methyl sites for hydroxylation is 2. The van der Waals surface area contributed by atoms with Crippen molar-refractivity contribution in [3.05, 3.63) is 167 Å². The molecule has 6 aromatic carbocycles. The van der Waals surface area contributed by atoms with Crippen molar-refractivity contribution in [3.63, 3.8) is 0 Å². The molecule has 1 unspecified atom stereocenters. The summed E-state index contributed by atoms with van der Waals surface area (Å²) < 4.78 is 68.7. The van der Waals surface area contributed by atoms with Gasteiger partial charge in [0, 0.05) is 35.9 Å². The lowest BCUT2D eigenvalue weighted by molar-refractivity contribution is -0.156. The number of rotatable bonds is 16. The highest BCUT2D eigenvalue weighted by Crippen LogP contribution is 2.41. The van der Waals surface area contributed by atoms with E-state index in [4.69, 9.17) is 28.4 Å². The van der Waals surface area contributed by atoms with Crippen LogP contribution in [0.3, 0.4) is 0 Å². The first-order valence-electron chi connectivity index (χ1n) is 23.3. The molecule has 2 aromatic heterocycles. The fourth-order valence-electron chi connectivity index (χ4n) is 7.94. The minimum Gasteiger partial charge on any atom is -0.480 e. The zero-order valence-electron chi connectivity index (χ0n) is 41.8. The number of ether oxygens (including phenoxy) is 3. The van der Waals surface area contributed by atoms with Crippen LogP contribution in [0.1, 0.15) is 67.2 Å². The first kappa shape index (κ1) is 53.0. The van der Waals surface area contributed by atoms with E-state index in [1.54, 1.807) is 62.6 Å². The second-order valence-electron chi connectivity index (χ2n) is 18.5. The van der Waals surface area contributed by atoms with E-state index >= 15 is 0 Å². The summed E-state index contributed by atoms with van der Waals surface area (Å²) in [6.07, 6.45) is -4.68. The first-order chi connectivity index (χ1) is 34.8. The van der Waals surface area contributed by atoms with Gasteiger partial charge in [-0.3, -0.25) is 9.69 Å². The van der Waals surface area contributed by atoms with Crippen LogP contribution in [-0.4, -0.2) is 75.1 Å². The molecule has 1 N–H and O–H groups in total. The van der Waals surface area contributed by atoms with Crippen molar-refractivity contribution in [2.75, 3.05) is 27.3 Å². The number of nitrogens with zero attached hydrogens (tertiary/aromatic N) is 5. The quantitative estimate of drug-likeness (QED) is 0.0911. The van der Waals surface area contributed by atoms with E-state index in [2.05, 4.69) is 51.5 Å². The summed E-state index contributed by atoms with van der Waals surface area (Å²) in [5, 5.41) is 16.7. The van der Waals surface area contributed by atoms with E-state index in [-0.39, 0.29) is 48.1 Å². The SMILES string of the molecule is COC(C)c1cc(-c2nc(-c3ccc(CN(C)CC(=O)OC(C)(C)C)cc3)no2)ccc1-c1ccccc1C.Cc1ccccc1-c1ccc(-c2nc(-c3ccc(COCC(=O)O)cc3)no2)cc1C(F)(F)F. The largest absolute Gasteiger partial charge is 0.480 e. The van der Waals surface area contributed by atoms with Crippen LogP contribution >= 0.6 is 0 Å². The minimum absolute atomic E-state index is 0.0364. The standard InChI is InChI=1S/C32H37N3O4.C25H19F3N2O4/c1-21-10-8-9-11-26(21)27-17-16-25(18-28(27)22(2)37-7)31-33-30(34-39-31)24-14-12-23(13-15-24)19-35(6)20-29(36)38-32(3,4)5;1-15-4-2-3-5-19(15)20-11-10-18(12-21(20)25(26,27)28)24-29-23(30-34-24)17-8-6-16(7-9-17)13-33-14-22(31)32/h8-18,22H,19-20H2,1-7H3;2-12H,13-14H2,1H3,(H,31,32). The van der Waals surface area contributed by atoms with Crippen LogP contribution in [0.4, 0.5) is 13.2 Å². The molecule has 0 saturated carbocycles. The number of halogens is 3. The number of carboxylic acids is 1. The van der Waals surface area contributed by atoms with Gasteiger partial charge >= 0.3 is 18.1 Å². The third-order valence-corrected chi connectivity index (χ3v) is 11.6. The molecule has 16 heteroatoms. The topological polar surface area (TPSA) is 163 Å². The number of likely N-dealkylation sites (N-methyl/N-ethyl adjacent to an activating group) is 1. The molecule has 8 rings (SSSR count). The Labute approximate surface area is 421 Å². The highest BCUT2D eigenvalue weighted by Gasteiger charge is 2.35. The van der Waals surface area contributed by atoms with Crippen molar-refractivity contribution in [1.82, 2.24) is 25.2 Å². The van der Waals surface area contributed by atoms with Gasteiger partial charge in [-0.05, 0) is 123 Å². The van der Waals surface area contributed by atoms with Gasteiger partial charge in [0.1, 0.15) is 12.2 Å². The average Bonchev–Trinajstić information content (AvgIpc) is 4.06. The van der Waals surface area contributed by atoms with E-state index < -0.39 is 29.9 Å². The molecule has 0 bridgehead atoms. The van der Waals surface area contributed by atoms with Crippen LogP contribution in [0.25, 0.3) is 67.9 Å². The molecule has 378 valence electrons. The summed E-state index contributed by atoms with van der Waals surface area (Å²) >= 11 is 0. The van der Waals surface area contributed by atoms with Crippen LogP contribution in [0.15, 0.2) is 143 Å². The van der Waals surface area contributed by atoms with Crippen molar-refractivity contribution >= 4 is 11.9 Å². The molecule has 0 saturated heterocycles. The number of esters is 1. The van der Waals surface area contributed by atoms with E-state index in [0.29, 0.717) is 29.4 Å². The highest BCUT2D eigenvalue weighted by molar-refractivity contribution is 5.76. The Morgan fingerprint density at radius 2 is 1.16 bits per heavy atom. The third-order valence-electron chi connectivity index (χ3n) is 11.6. The number of hydrogen-bond acceptors (Lipinski definition) is 12. The molecular weight excluding hydrogens is 940 g/mol. The maximum Gasteiger partial charge on any atom is 0.417 e. The Balaban J connectivity index is 0.000000216. The lowest BCUT2D eigenvalue weighted by Gasteiger charge is -2.22. The summed E-state index contributed by atoms with van der Waals surface area (Å²) in [7, 11) is 3.61. The van der Waals surface area contributed by atoms with Crippen LogP contribution in [0, 0.1) is 13.8 Å². The van der Waals surface area contributed by atoms with Gasteiger partial charge in [-0.2, -0.15) is 23.1 Å². The van der Waals surface area contributed by atoms with Gasteiger partial charge in [0.05, 0.1) is 24.8 Å². The predicted octanol–water partition coefficient (Wildman–Crippen LogP) is 12.9. The number of aromatic nitrogens is 4. The van der Waals surface area contributed by atoms with Gasteiger partial charge in [-0.25, -0.2) is 4.79 Å². The van der Waals surface area contributed by atoms with Gasteiger partial charge in [-0.15, -0.1) is 0 Å². The number of carbonyl (C=O) groups excluding carboxylic acids is 1. The summed E-state index contributed by atoms with van der Waals surface area (Å²) in [6.45, 7) is 12.1. The Bertz CT molecular complexity index is 3160. The molecule has 8 aromatic rings. The van der Waals surface area contributed by atoms with E-state index in [1.165, 1.54) is 23.3 Å². The molecule has 0 aliphatic heterocycles. The first-order valence-corrected chi connectivity index (χ1v) is 23.3. The number of alkyl halides is 3. The normalized spacial score (nSPS) is 12.1. The number of benzene rings is 6. The summed E-state index contributed by atoms with van der Waals surface area (Å²) in [4.78, 5) is 33.5. The van der Waals surface area contributed by atoms with Crippen LogP contribution in [0.5, 0.6) is 0 Å². The smallest absolute Gasteiger partial charge is 0.417 e. The maximum absolute atomic E-state index is 13.9. The highest BCUT2D eigenvalue weighted by atomic mass is 19.4. The summed E-state index contributed by atoms with van der Waals surface area (Å²) in [5.41, 5.74) is 8.84. The molecule has 0 spiro atoms. The summed E-state index contributed by atoms with van der Waals surface area (Å²) in [5.74, 6) is -0.155. The molecule has 73 heavy (non-hydrogen) atoms. The molecule has 0 amide bonds. The van der Waals surface area contributed by atoms with Crippen molar-refractivity contribution in [1.29, 1.82) is 0 Å². The molecule has 0 aliphatic rings. The van der Waals surface area contributed by atoms with Gasteiger partial charge in [-0.1, -0.05) is 120 Å². The minimum atomic E-state index is -4.57. The molecule has 1 atom stereocenters. The fraction of sp³-hybridized carbons (Fsp3) is 0.263. The second kappa shape index (κ2) is 23.2.